The summed E-state index contributed by atoms with van der Waals surface area (Å²) in [6.07, 6.45) is 1.39. The Hall–Kier alpha value is -2.89. The smallest absolute Gasteiger partial charge is 0.322 e. The molecule has 1 heterocycles. The predicted octanol–water partition coefficient (Wildman–Crippen LogP) is 3.46. The average Bonchev–Trinajstić information content (AvgIpc) is 3.08. The molecular formula is C18H18FN3O2. The van der Waals surface area contributed by atoms with Gasteiger partial charge in [0.1, 0.15) is 11.9 Å². The second-order valence-corrected chi connectivity index (χ2v) is 5.64. The molecule has 24 heavy (non-hydrogen) atoms. The van der Waals surface area contributed by atoms with Gasteiger partial charge in [0.2, 0.25) is 5.91 Å². The van der Waals surface area contributed by atoms with Crippen LogP contribution in [-0.2, 0) is 4.79 Å². The van der Waals surface area contributed by atoms with Crippen LogP contribution < -0.4 is 10.6 Å². The Morgan fingerprint density at radius 3 is 2.33 bits per heavy atom. The number of nitrogens with one attached hydrogen (secondary N) is 2. The molecule has 1 aliphatic heterocycles. The van der Waals surface area contributed by atoms with E-state index in [1.807, 2.05) is 18.2 Å². The topological polar surface area (TPSA) is 61.4 Å². The van der Waals surface area contributed by atoms with Crippen LogP contribution in [0, 0.1) is 5.82 Å². The number of amides is 3. The number of carbonyl (C=O) groups excluding carboxylic acids is 2. The SMILES string of the molecule is O=C(Nc1ccccc1)C1CCCN1C(=O)Nc1ccc(F)cc1. The van der Waals surface area contributed by atoms with Gasteiger partial charge in [-0.2, -0.15) is 0 Å². The van der Waals surface area contributed by atoms with Crippen LogP contribution in [0.4, 0.5) is 20.6 Å². The fourth-order valence-electron chi connectivity index (χ4n) is 2.76. The molecule has 0 radical (unpaired) electrons. The van der Waals surface area contributed by atoms with Gasteiger partial charge in [-0.25, -0.2) is 9.18 Å². The molecule has 1 unspecified atom stereocenters. The fraction of sp³-hybridized carbons (Fsp3) is 0.222. The molecule has 3 amide bonds. The standard InChI is InChI=1S/C18H18FN3O2/c19-13-8-10-15(11-9-13)21-18(24)22-12-4-7-16(22)17(23)20-14-5-2-1-3-6-14/h1-3,5-6,8-11,16H,4,7,12H2,(H,20,23)(H,21,24). The minimum absolute atomic E-state index is 0.201. The van der Waals surface area contributed by atoms with Gasteiger partial charge >= 0.3 is 6.03 Å². The van der Waals surface area contributed by atoms with E-state index in [0.717, 1.165) is 6.42 Å². The largest absolute Gasteiger partial charge is 0.324 e. The third-order valence-electron chi connectivity index (χ3n) is 3.95. The Labute approximate surface area is 139 Å². The van der Waals surface area contributed by atoms with Gasteiger partial charge in [0.05, 0.1) is 0 Å². The number of urea groups is 1. The summed E-state index contributed by atoms with van der Waals surface area (Å²) in [4.78, 5) is 26.4. The van der Waals surface area contributed by atoms with Gasteiger partial charge in [0.15, 0.2) is 0 Å². The third kappa shape index (κ3) is 3.71. The van der Waals surface area contributed by atoms with Gasteiger partial charge in [-0.3, -0.25) is 4.79 Å². The lowest BCUT2D eigenvalue weighted by atomic mass is 10.2. The van der Waals surface area contributed by atoms with Crippen LogP contribution in [0.25, 0.3) is 0 Å². The highest BCUT2D eigenvalue weighted by Crippen LogP contribution is 2.21. The van der Waals surface area contributed by atoms with Crippen molar-refractivity contribution in [3.8, 4) is 0 Å². The Balaban J connectivity index is 1.65. The van der Waals surface area contributed by atoms with Crippen LogP contribution in [0.2, 0.25) is 0 Å². The summed E-state index contributed by atoms with van der Waals surface area (Å²) < 4.78 is 12.9. The normalized spacial score (nSPS) is 16.7. The van der Waals surface area contributed by atoms with Gasteiger partial charge in [-0.15, -0.1) is 0 Å². The van der Waals surface area contributed by atoms with E-state index in [9.17, 15) is 14.0 Å². The van der Waals surface area contributed by atoms with Crippen LogP contribution in [0.15, 0.2) is 54.6 Å². The summed E-state index contributed by atoms with van der Waals surface area (Å²) in [5, 5.41) is 5.53. The Morgan fingerprint density at radius 1 is 0.958 bits per heavy atom. The average molecular weight is 327 g/mol. The number of para-hydroxylation sites is 1. The van der Waals surface area contributed by atoms with Crippen molar-refractivity contribution < 1.29 is 14.0 Å². The van der Waals surface area contributed by atoms with Crippen molar-refractivity contribution in [1.82, 2.24) is 4.90 Å². The monoisotopic (exact) mass is 327 g/mol. The number of benzene rings is 2. The highest BCUT2D eigenvalue weighted by molar-refractivity contribution is 5.99. The number of hydrogen-bond donors (Lipinski definition) is 2. The lowest BCUT2D eigenvalue weighted by molar-refractivity contribution is -0.119. The van der Waals surface area contributed by atoms with Crippen LogP contribution in [-0.4, -0.2) is 29.4 Å². The first-order valence-electron chi connectivity index (χ1n) is 7.82. The van der Waals surface area contributed by atoms with Crippen molar-refractivity contribution in [2.75, 3.05) is 17.2 Å². The number of carbonyl (C=O) groups is 2. The second-order valence-electron chi connectivity index (χ2n) is 5.64. The summed E-state index contributed by atoms with van der Waals surface area (Å²) in [5.41, 5.74) is 1.20. The molecule has 124 valence electrons. The number of likely N-dealkylation sites (tertiary alicyclic amines) is 1. The Bertz CT molecular complexity index is 719. The Kier molecular flexibility index (Phi) is 4.74. The quantitative estimate of drug-likeness (QED) is 0.907. The van der Waals surface area contributed by atoms with E-state index >= 15 is 0 Å². The van der Waals surface area contributed by atoms with Crippen LogP contribution >= 0.6 is 0 Å². The lowest BCUT2D eigenvalue weighted by Gasteiger charge is -2.24. The van der Waals surface area contributed by atoms with Crippen LogP contribution in [0.5, 0.6) is 0 Å². The van der Waals surface area contributed by atoms with Gasteiger partial charge in [-0.05, 0) is 49.2 Å². The van der Waals surface area contributed by atoms with E-state index in [0.29, 0.717) is 24.3 Å². The number of halogens is 1. The van der Waals surface area contributed by atoms with Gasteiger partial charge in [0, 0.05) is 17.9 Å². The molecule has 0 aromatic heterocycles. The fourth-order valence-corrected chi connectivity index (χ4v) is 2.76. The molecule has 1 aliphatic rings. The van der Waals surface area contributed by atoms with Crippen molar-refractivity contribution in [3.05, 3.63) is 60.4 Å². The molecule has 2 aromatic carbocycles. The molecule has 0 bridgehead atoms. The molecule has 2 aromatic rings. The highest BCUT2D eigenvalue weighted by atomic mass is 19.1. The van der Waals surface area contributed by atoms with E-state index in [4.69, 9.17) is 0 Å². The zero-order valence-corrected chi connectivity index (χ0v) is 13.0. The molecule has 0 spiro atoms. The van der Waals surface area contributed by atoms with E-state index in [-0.39, 0.29) is 17.8 Å². The molecule has 3 rings (SSSR count). The molecule has 1 fully saturated rings. The maximum atomic E-state index is 12.9. The van der Waals surface area contributed by atoms with Crippen molar-refractivity contribution >= 4 is 23.3 Å². The molecule has 2 N–H and O–H groups in total. The third-order valence-corrected chi connectivity index (χ3v) is 3.95. The zero-order chi connectivity index (χ0) is 16.9. The summed E-state index contributed by atoms with van der Waals surface area (Å²) in [7, 11) is 0. The van der Waals surface area contributed by atoms with Crippen molar-refractivity contribution in [3.63, 3.8) is 0 Å². The predicted molar refractivity (Wildman–Crippen MR) is 90.2 cm³/mol. The Morgan fingerprint density at radius 2 is 1.62 bits per heavy atom. The number of rotatable bonds is 3. The molecule has 6 heteroatoms. The van der Waals surface area contributed by atoms with E-state index < -0.39 is 6.04 Å². The van der Waals surface area contributed by atoms with Crippen molar-refractivity contribution in [1.29, 1.82) is 0 Å². The lowest BCUT2D eigenvalue weighted by Crippen LogP contribution is -2.45. The molecule has 0 aliphatic carbocycles. The van der Waals surface area contributed by atoms with Gasteiger partial charge in [0.25, 0.3) is 0 Å². The maximum absolute atomic E-state index is 12.9. The summed E-state index contributed by atoms with van der Waals surface area (Å²) in [6.45, 7) is 0.514. The number of hydrogen-bond acceptors (Lipinski definition) is 2. The number of anilines is 2. The molecule has 1 saturated heterocycles. The molecule has 5 nitrogen and oxygen atoms in total. The van der Waals surface area contributed by atoms with Gasteiger partial charge < -0.3 is 15.5 Å². The minimum Gasteiger partial charge on any atom is -0.324 e. The number of nitrogens with zero attached hydrogens (tertiary/aromatic N) is 1. The highest BCUT2D eigenvalue weighted by Gasteiger charge is 2.34. The first-order valence-corrected chi connectivity index (χ1v) is 7.82. The molecule has 1 atom stereocenters. The van der Waals surface area contributed by atoms with E-state index in [1.165, 1.54) is 29.2 Å². The van der Waals surface area contributed by atoms with Crippen LogP contribution in [0.3, 0.4) is 0 Å². The molecular weight excluding hydrogens is 309 g/mol. The maximum Gasteiger partial charge on any atom is 0.322 e. The minimum atomic E-state index is -0.509. The summed E-state index contributed by atoms with van der Waals surface area (Å²) in [5.74, 6) is -0.567. The van der Waals surface area contributed by atoms with Crippen molar-refractivity contribution in [2.24, 2.45) is 0 Å². The first-order chi connectivity index (χ1) is 11.6. The second kappa shape index (κ2) is 7.12. The van der Waals surface area contributed by atoms with Crippen molar-refractivity contribution in [2.45, 2.75) is 18.9 Å². The first kappa shape index (κ1) is 16.0. The zero-order valence-electron chi connectivity index (χ0n) is 13.0. The van der Waals surface area contributed by atoms with Gasteiger partial charge in [-0.1, -0.05) is 18.2 Å². The summed E-state index contributed by atoms with van der Waals surface area (Å²) in [6, 6.07) is 13.8. The summed E-state index contributed by atoms with van der Waals surface area (Å²) >= 11 is 0. The molecule has 0 saturated carbocycles. The van der Waals surface area contributed by atoms with E-state index in [2.05, 4.69) is 10.6 Å². The van der Waals surface area contributed by atoms with Crippen LogP contribution in [0.1, 0.15) is 12.8 Å². The van der Waals surface area contributed by atoms with E-state index in [1.54, 1.807) is 12.1 Å².